The van der Waals surface area contributed by atoms with E-state index in [1.165, 1.54) is 29.4 Å². The number of hydrogen-bond donors (Lipinski definition) is 2. The number of hydrogen-bond acceptors (Lipinski definition) is 10. The van der Waals surface area contributed by atoms with Gasteiger partial charge in [-0.2, -0.15) is 0 Å². The van der Waals surface area contributed by atoms with Crippen LogP contribution in [0.2, 0.25) is 5.02 Å². The van der Waals surface area contributed by atoms with Crippen LogP contribution in [0, 0.1) is 0 Å². The second-order valence-electron chi connectivity index (χ2n) is 6.52. The van der Waals surface area contributed by atoms with Crippen LogP contribution >= 0.6 is 46.5 Å². The largest absolute Gasteiger partial charge is 0.459 e. The van der Waals surface area contributed by atoms with E-state index in [-0.39, 0.29) is 29.9 Å². The van der Waals surface area contributed by atoms with Crippen molar-refractivity contribution in [2.75, 3.05) is 16.8 Å². The van der Waals surface area contributed by atoms with Crippen LogP contribution in [0.15, 0.2) is 56.6 Å². The topological polar surface area (TPSA) is 128 Å². The Balaban J connectivity index is 1.47. The van der Waals surface area contributed by atoms with Crippen molar-refractivity contribution < 1.29 is 14.0 Å². The minimum absolute atomic E-state index is 0.0767. The van der Waals surface area contributed by atoms with Gasteiger partial charge < -0.3 is 9.73 Å². The highest BCUT2D eigenvalue weighted by Crippen LogP contribution is 2.26. The Morgan fingerprint density at radius 1 is 1.15 bits per heavy atom. The summed E-state index contributed by atoms with van der Waals surface area (Å²) in [5, 5.41) is 23.4. The Hall–Kier alpha value is -2.87. The molecule has 0 atom stereocenters. The highest BCUT2D eigenvalue weighted by molar-refractivity contribution is 8.01. The first-order valence-electron chi connectivity index (χ1n) is 9.94. The van der Waals surface area contributed by atoms with E-state index in [0.29, 0.717) is 26.8 Å². The number of carbonyl (C=O) groups is 2. The van der Waals surface area contributed by atoms with Crippen molar-refractivity contribution in [3.63, 3.8) is 0 Å². The fourth-order valence-electron chi connectivity index (χ4n) is 2.76. The molecule has 0 aliphatic rings. The van der Waals surface area contributed by atoms with Crippen LogP contribution in [0.5, 0.6) is 0 Å². The third kappa shape index (κ3) is 6.17. The number of carbonyl (C=O) groups excluding carboxylic acids is 2. The molecule has 0 saturated heterocycles. The van der Waals surface area contributed by atoms with Crippen LogP contribution < -0.4 is 10.6 Å². The molecule has 0 aliphatic heterocycles. The van der Waals surface area contributed by atoms with E-state index in [9.17, 15) is 9.59 Å². The zero-order valence-electron chi connectivity index (χ0n) is 17.7. The first-order valence-corrected chi connectivity index (χ1v) is 13.1. The second-order valence-corrected chi connectivity index (χ2v) is 10.4. The summed E-state index contributed by atoms with van der Waals surface area (Å²) >= 11 is 10.3. The summed E-state index contributed by atoms with van der Waals surface area (Å²) in [4.78, 5) is 24.7. The van der Waals surface area contributed by atoms with Crippen molar-refractivity contribution >= 4 is 63.4 Å². The number of furan rings is 1. The molecule has 0 fully saturated rings. The fourth-order valence-corrected chi connectivity index (χ4v) is 5.39. The molecule has 1 aromatic carbocycles. The number of aromatic nitrogens is 5. The van der Waals surface area contributed by atoms with Gasteiger partial charge in [0, 0.05) is 5.02 Å². The van der Waals surface area contributed by atoms with Gasteiger partial charge in [0.2, 0.25) is 11.0 Å². The molecule has 2 N–H and O–H groups in total. The third-order valence-electron chi connectivity index (χ3n) is 4.17. The quantitative estimate of drug-likeness (QED) is 0.227. The summed E-state index contributed by atoms with van der Waals surface area (Å²) in [6.45, 7) is 2.11. The molecular weight excluding hydrogens is 518 g/mol. The number of amides is 2. The first-order chi connectivity index (χ1) is 16.5. The van der Waals surface area contributed by atoms with Gasteiger partial charge in [-0.1, -0.05) is 59.5 Å². The molecule has 34 heavy (non-hydrogen) atoms. The lowest BCUT2D eigenvalue weighted by atomic mass is 10.3. The number of halogens is 1. The maximum absolute atomic E-state index is 12.5. The fraction of sp³-hybridized carbons (Fsp3) is 0.200. The summed E-state index contributed by atoms with van der Waals surface area (Å²) in [6.07, 6.45) is 1.42. The van der Waals surface area contributed by atoms with Crippen molar-refractivity contribution in [2.24, 2.45) is 0 Å². The van der Waals surface area contributed by atoms with Crippen LogP contribution in [0.4, 0.5) is 5.13 Å². The Kier molecular flexibility index (Phi) is 8.21. The lowest BCUT2D eigenvalue weighted by Gasteiger charge is -2.11. The van der Waals surface area contributed by atoms with Gasteiger partial charge in [-0.3, -0.25) is 19.5 Å². The van der Waals surface area contributed by atoms with E-state index < -0.39 is 0 Å². The molecule has 3 heterocycles. The number of thioether (sulfide) groups is 2. The zero-order chi connectivity index (χ0) is 23.9. The van der Waals surface area contributed by atoms with Gasteiger partial charge in [0.15, 0.2) is 21.1 Å². The Bertz CT molecular complexity index is 1280. The molecule has 0 saturated carbocycles. The number of nitrogens with zero attached hydrogens (tertiary/aromatic N) is 5. The van der Waals surface area contributed by atoms with Crippen molar-refractivity contribution in [2.45, 2.75) is 23.0 Å². The van der Waals surface area contributed by atoms with E-state index in [4.69, 9.17) is 16.0 Å². The molecule has 176 valence electrons. The summed E-state index contributed by atoms with van der Waals surface area (Å²) < 4.78 is 7.66. The summed E-state index contributed by atoms with van der Waals surface area (Å²) in [7, 11) is 0. The summed E-state index contributed by atoms with van der Waals surface area (Å²) in [6, 6.07) is 10.3. The van der Waals surface area contributed by atoms with E-state index in [2.05, 4.69) is 31.0 Å². The van der Waals surface area contributed by atoms with Gasteiger partial charge in [0.05, 0.1) is 24.2 Å². The van der Waals surface area contributed by atoms with Crippen molar-refractivity contribution in [1.82, 2.24) is 30.3 Å². The van der Waals surface area contributed by atoms with Gasteiger partial charge in [0.1, 0.15) is 0 Å². The monoisotopic (exact) mass is 535 g/mol. The number of nitrogens with one attached hydrogen (secondary N) is 2. The molecule has 2 amide bonds. The summed E-state index contributed by atoms with van der Waals surface area (Å²) in [5.41, 5.74) is 0.702. The van der Waals surface area contributed by atoms with Crippen LogP contribution in [0.1, 0.15) is 23.3 Å². The van der Waals surface area contributed by atoms with Crippen molar-refractivity contribution in [3.8, 4) is 5.69 Å². The average Bonchev–Trinajstić information content (AvgIpc) is 3.58. The van der Waals surface area contributed by atoms with Crippen LogP contribution in [0.3, 0.4) is 0 Å². The minimum Gasteiger partial charge on any atom is -0.459 e. The molecule has 0 radical (unpaired) electrons. The standard InChI is InChI=1S/C20H18ClN7O3S3/c1-2-32-20-27-25-18(34-20)23-16(29)11-33-19-26-24-15(10-22-17(30)14-7-4-8-31-14)28(19)13-6-3-5-12(21)9-13/h3-9H,2,10-11H2,1H3,(H,22,30)(H,23,25,29). The molecular formula is C20H18ClN7O3S3. The summed E-state index contributed by atoms with van der Waals surface area (Å²) in [5.74, 6) is 0.988. The van der Waals surface area contributed by atoms with Crippen LogP contribution in [-0.4, -0.2) is 48.3 Å². The molecule has 0 aliphatic carbocycles. The molecule has 0 bridgehead atoms. The van der Waals surface area contributed by atoms with E-state index in [1.807, 2.05) is 13.0 Å². The number of anilines is 1. The zero-order valence-corrected chi connectivity index (χ0v) is 20.9. The van der Waals surface area contributed by atoms with E-state index >= 15 is 0 Å². The van der Waals surface area contributed by atoms with Gasteiger partial charge in [-0.25, -0.2) is 0 Å². The predicted molar refractivity (Wildman–Crippen MR) is 132 cm³/mol. The normalized spacial score (nSPS) is 10.9. The molecule has 10 nitrogen and oxygen atoms in total. The molecule has 3 aromatic heterocycles. The lowest BCUT2D eigenvalue weighted by molar-refractivity contribution is -0.113. The smallest absolute Gasteiger partial charge is 0.287 e. The van der Waals surface area contributed by atoms with Crippen LogP contribution in [0.25, 0.3) is 5.69 Å². The SMILES string of the molecule is CCSc1nnc(NC(=O)CSc2nnc(CNC(=O)c3ccco3)n2-c2cccc(Cl)c2)s1. The van der Waals surface area contributed by atoms with Gasteiger partial charge in [0.25, 0.3) is 5.91 Å². The molecule has 0 unspecified atom stereocenters. The number of rotatable bonds is 10. The maximum atomic E-state index is 12.5. The third-order valence-corrected chi connectivity index (χ3v) is 7.19. The molecule has 4 rings (SSSR count). The van der Waals surface area contributed by atoms with Gasteiger partial charge in [-0.05, 0) is 36.1 Å². The minimum atomic E-state index is -0.378. The Morgan fingerprint density at radius 3 is 2.79 bits per heavy atom. The Morgan fingerprint density at radius 2 is 2.03 bits per heavy atom. The predicted octanol–water partition coefficient (Wildman–Crippen LogP) is 4.14. The molecule has 4 aromatic rings. The van der Waals surface area contributed by atoms with E-state index in [1.54, 1.807) is 46.7 Å². The average molecular weight is 536 g/mol. The van der Waals surface area contributed by atoms with Gasteiger partial charge >= 0.3 is 0 Å². The van der Waals surface area contributed by atoms with E-state index in [0.717, 1.165) is 10.1 Å². The highest BCUT2D eigenvalue weighted by Gasteiger charge is 2.18. The maximum Gasteiger partial charge on any atom is 0.287 e. The Labute approximate surface area is 211 Å². The second kappa shape index (κ2) is 11.5. The first kappa shape index (κ1) is 24.3. The van der Waals surface area contributed by atoms with Gasteiger partial charge in [-0.15, -0.1) is 20.4 Å². The molecule has 14 heteroatoms. The van der Waals surface area contributed by atoms with Crippen LogP contribution in [-0.2, 0) is 11.3 Å². The highest BCUT2D eigenvalue weighted by atomic mass is 35.5. The molecule has 0 spiro atoms. The van der Waals surface area contributed by atoms with Crippen molar-refractivity contribution in [3.05, 3.63) is 59.3 Å². The van der Waals surface area contributed by atoms with Crippen molar-refractivity contribution in [1.29, 1.82) is 0 Å². The lowest BCUT2D eigenvalue weighted by Crippen LogP contribution is -2.24. The number of benzene rings is 1.